The highest BCUT2D eigenvalue weighted by Crippen LogP contribution is 2.26. The second-order valence-corrected chi connectivity index (χ2v) is 9.89. The van der Waals surface area contributed by atoms with Crippen LogP contribution in [-0.2, 0) is 14.8 Å². The third-order valence-electron chi connectivity index (χ3n) is 5.82. The molecule has 1 heterocycles. The second kappa shape index (κ2) is 9.74. The topological polar surface area (TPSA) is 134 Å². The van der Waals surface area contributed by atoms with E-state index in [9.17, 15) is 23.1 Å². The Labute approximate surface area is 197 Å². The number of carbonyl (C=O) groups excluding carboxylic acids is 1. The van der Waals surface area contributed by atoms with Gasteiger partial charge in [-0.05, 0) is 44.2 Å². The summed E-state index contributed by atoms with van der Waals surface area (Å²) in [6.45, 7) is -0.421. The largest absolute Gasteiger partial charge is 0.480 e. The number of sulfonamides is 1. The van der Waals surface area contributed by atoms with E-state index in [4.69, 9.17) is 0 Å². The zero-order valence-corrected chi connectivity index (χ0v) is 19.4. The van der Waals surface area contributed by atoms with Crippen LogP contribution in [0, 0.1) is 0 Å². The molecule has 1 saturated carbocycles. The van der Waals surface area contributed by atoms with E-state index in [1.165, 1.54) is 28.8 Å². The Morgan fingerprint density at radius 3 is 2.32 bits per heavy atom. The standard InChI is InChI=1S/C23H25N5O5S/c1-24-34(32,33)19-13-11-18(12-14-19)28-22(16-7-3-2-4-8-16)25-21(26-28)23(31)27(15-20(29)30)17-9-5-6-10-17/h2-4,7-8,11-14,17,24H,5-6,9-10,15H2,1H3,(H,29,30). The van der Waals surface area contributed by atoms with Crippen LogP contribution in [0.15, 0.2) is 59.5 Å². The molecule has 0 spiro atoms. The minimum atomic E-state index is -3.61. The highest BCUT2D eigenvalue weighted by molar-refractivity contribution is 7.89. The zero-order valence-electron chi connectivity index (χ0n) is 18.6. The van der Waals surface area contributed by atoms with Gasteiger partial charge in [0, 0.05) is 11.6 Å². The molecule has 1 aliphatic rings. The van der Waals surface area contributed by atoms with Crippen LogP contribution in [-0.4, -0.2) is 64.7 Å². The quantitative estimate of drug-likeness (QED) is 0.502. The van der Waals surface area contributed by atoms with E-state index >= 15 is 0 Å². The number of nitrogens with zero attached hydrogens (tertiary/aromatic N) is 4. The van der Waals surface area contributed by atoms with E-state index in [1.54, 1.807) is 12.1 Å². The lowest BCUT2D eigenvalue weighted by Gasteiger charge is -2.26. The van der Waals surface area contributed by atoms with Gasteiger partial charge in [-0.25, -0.2) is 22.8 Å². The maximum atomic E-state index is 13.4. The molecule has 1 amide bonds. The molecular weight excluding hydrogens is 458 g/mol. The number of hydrogen-bond acceptors (Lipinski definition) is 6. The Bertz CT molecular complexity index is 1280. The Hall–Kier alpha value is -3.57. The number of aliphatic carboxylic acids is 1. The highest BCUT2D eigenvalue weighted by Gasteiger charge is 2.32. The van der Waals surface area contributed by atoms with Crippen LogP contribution >= 0.6 is 0 Å². The van der Waals surface area contributed by atoms with Gasteiger partial charge in [0.2, 0.25) is 15.8 Å². The zero-order chi connectivity index (χ0) is 24.3. The van der Waals surface area contributed by atoms with Crippen molar-refractivity contribution in [2.24, 2.45) is 0 Å². The van der Waals surface area contributed by atoms with Crippen molar-refractivity contribution in [1.29, 1.82) is 0 Å². The summed E-state index contributed by atoms with van der Waals surface area (Å²) in [4.78, 5) is 30.7. The van der Waals surface area contributed by atoms with Gasteiger partial charge in [-0.15, -0.1) is 5.10 Å². The number of amides is 1. The third-order valence-corrected chi connectivity index (χ3v) is 7.25. The molecule has 4 rings (SSSR count). The minimum absolute atomic E-state index is 0.0882. The monoisotopic (exact) mass is 483 g/mol. The minimum Gasteiger partial charge on any atom is -0.480 e. The fourth-order valence-electron chi connectivity index (χ4n) is 4.10. The van der Waals surface area contributed by atoms with Crippen molar-refractivity contribution >= 4 is 21.9 Å². The van der Waals surface area contributed by atoms with Crippen LogP contribution in [0.2, 0.25) is 0 Å². The molecule has 0 aliphatic heterocycles. The maximum absolute atomic E-state index is 13.4. The lowest BCUT2D eigenvalue weighted by molar-refractivity contribution is -0.138. The summed E-state index contributed by atoms with van der Waals surface area (Å²) in [5, 5.41) is 13.8. The van der Waals surface area contributed by atoms with E-state index in [-0.39, 0.29) is 16.8 Å². The first-order valence-electron chi connectivity index (χ1n) is 10.9. The molecule has 178 valence electrons. The van der Waals surface area contributed by atoms with Gasteiger partial charge >= 0.3 is 5.97 Å². The van der Waals surface area contributed by atoms with Crippen LogP contribution in [0.5, 0.6) is 0 Å². The fourth-order valence-corrected chi connectivity index (χ4v) is 4.83. The normalized spacial score (nSPS) is 14.3. The molecule has 0 unspecified atom stereocenters. The van der Waals surface area contributed by atoms with Gasteiger partial charge in [-0.3, -0.25) is 9.59 Å². The second-order valence-electron chi connectivity index (χ2n) is 8.00. The molecule has 1 fully saturated rings. The number of carbonyl (C=O) groups is 2. The number of nitrogens with one attached hydrogen (secondary N) is 1. The summed E-state index contributed by atoms with van der Waals surface area (Å²) in [5.41, 5.74) is 1.21. The van der Waals surface area contributed by atoms with E-state index < -0.39 is 28.4 Å². The summed E-state index contributed by atoms with van der Waals surface area (Å²) >= 11 is 0. The van der Waals surface area contributed by atoms with E-state index in [1.807, 2.05) is 30.3 Å². The molecule has 10 nitrogen and oxygen atoms in total. The Kier molecular flexibility index (Phi) is 6.75. The van der Waals surface area contributed by atoms with Crippen molar-refractivity contribution in [2.75, 3.05) is 13.6 Å². The van der Waals surface area contributed by atoms with Crippen molar-refractivity contribution in [3.8, 4) is 17.1 Å². The van der Waals surface area contributed by atoms with Gasteiger partial charge in [0.05, 0.1) is 10.6 Å². The van der Waals surface area contributed by atoms with Crippen LogP contribution < -0.4 is 4.72 Å². The number of hydrogen-bond donors (Lipinski definition) is 2. The summed E-state index contributed by atoms with van der Waals surface area (Å²) in [6, 6.07) is 15.0. The summed E-state index contributed by atoms with van der Waals surface area (Å²) in [7, 11) is -2.28. The van der Waals surface area contributed by atoms with Gasteiger partial charge in [-0.2, -0.15) is 0 Å². The van der Waals surface area contributed by atoms with Crippen LogP contribution in [0.1, 0.15) is 36.3 Å². The molecule has 0 radical (unpaired) electrons. The first-order valence-corrected chi connectivity index (χ1v) is 12.4. The number of carboxylic acid groups (broad SMARTS) is 1. The Balaban J connectivity index is 1.77. The molecule has 3 aromatic rings. The van der Waals surface area contributed by atoms with Crippen molar-refractivity contribution < 1.29 is 23.1 Å². The third kappa shape index (κ3) is 4.85. The summed E-state index contributed by atoms with van der Waals surface area (Å²) in [5.74, 6) is -1.36. The van der Waals surface area contributed by atoms with Gasteiger partial charge in [-0.1, -0.05) is 43.2 Å². The molecule has 34 heavy (non-hydrogen) atoms. The van der Waals surface area contributed by atoms with Gasteiger partial charge < -0.3 is 10.0 Å². The Morgan fingerprint density at radius 2 is 1.74 bits per heavy atom. The predicted octanol–water partition coefficient (Wildman–Crippen LogP) is 2.31. The first kappa shape index (κ1) is 23.6. The van der Waals surface area contributed by atoms with Gasteiger partial charge in [0.25, 0.3) is 5.91 Å². The lowest BCUT2D eigenvalue weighted by atomic mass is 10.2. The molecular formula is C23H25N5O5S. The number of carboxylic acids is 1. The SMILES string of the molecule is CNS(=O)(=O)c1ccc(-n2nc(C(=O)N(CC(=O)O)C3CCCC3)nc2-c2ccccc2)cc1. The van der Waals surface area contributed by atoms with E-state index in [0.29, 0.717) is 17.1 Å². The molecule has 0 atom stereocenters. The first-order chi connectivity index (χ1) is 16.3. The van der Waals surface area contributed by atoms with Crippen molar-refractivity contribution in [3.05, 3.63) is 60.4 Å². The van der Waals surface area contributed by atoms with E-state index in [2.05, 4.69) is 14.8 Å². The lowest BCUT2D eigenvalue weighted by Crippen LogP contribution is -2.42. The molecule has 1 aromatic heterocycles. The van der Waals surface area contributed by atoms with Crippen molar-refractivity contribution in [1.82, 2.24) is 24.4 Å². The molecule has 2 aromatic carbocycles. The molecule has 0 saturated heterocycles. The highest BCUT2D eigenvalue weighted by atomic mass is 32.2. The smallest absolute Gasteiger partial charge is 0.323 e. The average molecular weight is 484 g/mol. The van der Waals surface area contributed by atoms with Gasteiger partial charge in [0.15, 0.2) is 5.82 Å². The summed E-state index contributed by atoms with van der Waals surface area (Å²) in [6.07, 6.45) is 3.36. The molecule has 0 bridgehead atoms. The molecule has 11 heteroatoms. The molecule has 2 N–H and O–H groups in total. The predicted molar refractivity (Wildman–Crippen MR) is 124 cm³/mol. The van der Waals surface area contributed by atoms with Crippen LogP contribution in [0.3, 0.4) is 0 Å². The molecule has 1 aliphatic carbocycles. The Morgan fingerprint density at radius 1 is 1.09 bits per heavy atom. The van der Waals surface area contributed by atoms with Crippen molar-refractivity contribution in [3.63, 3.8) is 0 Å². The maximum Gasteiger partial charge on any atom is 0.323 e. The number of benzene rings is 2. The summed E-state index contributed by atoms with van der Waals surface area (Å²) < 4.78 is 27.9. The van der Waals surface area contributed by atoms with Crippen molar-refractivity contribution in [2.45, 2.75) is 36.6 Å². The van der Waals surface area contributed by atoms with Gasteiger partial charge in [0.1, 0.15) is 6.54 Å². The van der Waals surface area contributed by atoms with Crippen LogP contribution in [0.4, 0.5) is 0 Å². The average Bonchev–Trinajstić information content (AvgIpc) is 3.53. The number of rotatable bonds is 8. The van der Waals surface area contributed by atoms with Crippen LogP contribution in [0.25, 0.3) is 17.1 Å². The van der Waals surface area contributed by atoms with E-state index in [0.717, 1.165) is 25.7 Å². The fraction of sp³-hybridized carbons (Fsp3) is 0.304. The number of aromatic nitrogens is 3.